The number of hydrogen-bond acceptors (Lipinski definition) is 5. The van der Waals surface area contributed by atoms with Gasteiger partial charge in [-0.05, 0) is 24.9 Å². The Morgan fingerprint density at radius 3 is 2.50 bits per heavy atom. The number of ether oxygens (including phenoxy) is 2. The predicted octanol–water partition coefficient (Wildman–Crippen LogP) is 0.288. The molecule has 20 heavy (non-hydrogen) atoms. The SMILES string of the molecule is B[C@H]1CO[C@H]2[C@@H]1OC[C@H]2OS(=O)(=O)c1ccc(C)cc1. The summed E-state index contributed by atoms with van der Waals surface area (Å²) in [5, 5.41) is 0. The van der Waals surface area contributed by atoms with E-state index in [0.29, 0.717) is 6.61 Å². The number of hydrogen-bond donors (Lipinski definition) is 0. The van der Waals surface area contributed by atoms with E-state index in [-0.39, 0.29) is 29.5 Å². The van der Waals surface area contributed by atoms with Crippen LogP contribution in [0.4, 0.5) is 0 Å². The zero-order valence-corrected chi connectivity index (χ0v) is 12.3. The summed E-state index contributed by atoms with van der Waals surface area (Å²) in [6.07, 6.45) is -0.908. The van der Waals surface area contributed by atoms with Gasteiger partial charge in [0.15, 0.2) is 0 Å². The molecule has 7 heteroatoms. The molecule has 4 atom stereocenters. The minimum atomic E-state index is -3.78. The van der Waals surface area contributed by atoms with Gasteiger partial charge < -0.3 is 9.47 Å². The normalized spacial score (nSPS) is 33.2. The number of fused-ring (bicyclic) bond motifs is 1. The van der Waals surface area contributed by atoms with Gasteiger partial charge in [-0.25, -0.2) is 0 Å². The molecule has 0 spiro atoms. The summed E-state index contributed by atoms with van der Waals surface area (Å²) < 4.78 is 41.0. The van der Waals surface area contributed by atoms with E-state index in [9.17, 15) is 8.42 Å². The molecule has 0 aliphatic carbocycles. The lowest BCUT2D eigenvalue weighted by Gasteiger charge is -2.16. The van der Waals surface area contributed by atoms with Crippen LogP contribution in [0, 0.1) is 6.92 Å². The van der Waals surface area contributed by atoms with Crippen LogP contribution < -0.4 is 0 Å². The Morgan fingerprint density at radius 2 is 1.80 bits per heavy atom. The van der Waals surface area contributed by atoms with Crippen molar-refractivity contribution >= 4 is 18.0 Å². The van der Waals surface area contributed by atoms with Crippen LogP contribution in [0.15, 0.2) is 29.2 Å². The molecular formula is C13H17BO5S. The molecule has 0 unspecified atom stereocenters. The molecule has 2 aliphatic rings. The smallest absolute Gasteiger partial charge is 0.297 e. The molecule has 2 aliphatic heterocycles. The molecule has 5 nitrogen and oxygen atoms in total. The molecule has 1 aromatic rings. The third-order valence-electron chi connectivity index (χ3n) is 3.82. The van der Waals surface area contributed by atoms with Gasteiger partial charge in [0.2, 0.25) is 0 Å². The van der Waals surface area contributed by atoms with Crippen molar-refractivity contribution in [2.24, 2.45) is 0 Å². The average Bonchev–Trinajstić information content (AvgIpc) is 2.95. The van der Waals surface area contributed by atoms with Crippen molar-refractivity contribution < 1.29 is 22.1 Å². The van der Waals surface area contributed by atoms with Gasteiger partial charge in [-0.15, -0.1) is 0 Å². The molecular weight excluding hydrogens is 279 g/mol. The van der Waals surface area contributed by atoms with Gasteiger partial charge in [0.05, 0.1) is 17.6 Å². The van der Waals surface area contributed by atoms with Gasteiger partial charge in [0, 0.05) is 6.61 Å². The van der Waals surface area contributed by atoms with Crippen LogP contribution in [0.1, 0.15) is 5.56 Å². The maximum atomic E-state index is 12.2. The second-order valence-corrected chi connectivity index (χ2v) is 7.05. The summed E-state index contributed by atoms with van der Waals surface area (Å²) in [6.45, 7) is 2.74. The molecule has 108 valence electrons. The lowest BCUT2D eigenvalue weighted by Crippen LogP contribution is -2.32. The minimum Gasteiger partial charge on any atom is -0.373 e. The first-order valence-electron chi connectivity index (χ1n) is 6.70. The minimum absolute atomic E-state index is 0.0618. The third kappa shape index (κ3) is 2.51. The largest absolute Gasteiger partial charge is 0.373 e. The standard InChI is InChI=1S/C13H17BO5S/c1-8-2-4-9(5-3-8)20(15,16)19-11-7-18-12-10(14)6-17-13(11)12/h2-5,10-13H,6-7,14H2,1H3/t10-,11+,12+,13+/m0/s1. The highest BCUT2D eigenvalue weighted by Crippen LogP contribution is 2.35. The molecule has 3 rings (SSSR count). The summed E-state index contributed by atoms with van der Waals surface area (Å²) in [5.41, 5.74) is 1.00. The lowest BCUT2D eigenvalue weighted by atomic mass is 9.83. The molecule has 0 amide bonds. The molecule has 0 N–H and O–H groups in total. The summed E-state index contributed by atoms with van der Waals surface area (Å²) in [5.74, 6) is 0.274. The predicted molar refractivity (Wildman–Crippen MR) is 75.0 cm³/mol. The first-order valence-corrected chi connectivity index (χ1v) is 8.11. The van der Waals surface area contributed by atoms with Crippen molar-refractivity contribution in [2.75, 3.05) is 13.2 Å². The number of aryl methyl sites for hydroxylation is 1. The first-order chi connectivity index (χ1) is 9.47. The van der Waals surface area contributed by atoms with E-state index in [1.165, 1.54) is 0 Å². The van der Waals surface area contributed by atoms with Gasteiger partial charge in [-0.3, -0.25) is 4.18 Å². The van der Waals surface area contributed by atoms with E-state index >= 15 is 0 Å². The van der Waals surface area contributed by atoms with Crippen LogP contribution in [0.5, 0.6) is 0 Å². The molecule has 0 bridgehead atoms. The third-order valence-corrected chi connectivity index (χ3v) is 5.17. The van der Waals surface area contributed by atoms with E-state index in [4.69, 9.17) is 13.7 Å². The van der Waals surface area contributed by atoms with Crippen LogP contribution in [-0.2, 0) is 23.8 Å². The molecule has 2 saturated heterocycles. The zero-order chi connectivity index (χ0) is 14.3. The van der Waals surface area contributed by atoms with Crippen LogP contribution in [0.25, 0.3) is 0 Å². The highest BCUT2D eigenvalue weighted by molar-refractivity contribution is 7.86. The topological polar surface area (TPSA) is 61.8 Å². The van der Waals surface area contributed by atoms with E-state index in [2.05, 4.69) is 0 Å². The maximum absolute atomic E-state index is 12.2. The summed E-state index contributed by atoms with van der Waals surface area (Å²) in [6, 6.07) is 6.60. The quantitative estimate of drug-likeness (QED) is 0.592. The Balaban J connectivity index is 1.76. The van der Waals surface area contributed by atoms with Gasteiger partial charge in [-0.2, -0.15) is 8.42 Å². The highest BCUT2D eigenvalue weighted by Gasteiger charge is 2.48. The van der Waals surface area contributed by atoms with Gasteiger partial charge in [0.1, 0.15) is 20.1 Å². The van der Waals surface area contributed by atoms with Crippen LogP contribution in [-0.4, -0.2) is 47.8 Å². The fourth-order valence-electron chi connectivity index (χ4n) is 2.66. The Kier molecular flexibility index (Phi) is 3.62. The van der Waals surface area contributed by atoms with Crippen molar-refractivity contribution in [2.45, 2.75) is 35.9 Å². The van der Waals surface area contributed by atoms with Crippen LogP contribution in [0.3, 0.4) is 0 Å². The Bertz CT molecular complexity index is 585. The van der Waals surface area contributed by atoms with E-state index in [1.54, 1.807) is 24.3 Å². The molecule has 1 aromatic carbocycles. The monoisotopic (exact) mass is 296 g/mol. The average molecular weight is 296 g/mol. The molecule has 0 aromatic heterocycles. The van der Waals surface area contributed by atoms with Crippen LogP contribution in [0.2, 0.25) is 5.82 Å². The summed E-state index contributed by atoms with van der Waals surface area (Å²) >= 11 is 0. The fraction of sp³-hybridized carbons (Fsp3) is 0.538. The summed E-state index contributed by atoms with van der Waals surface area (Å²) in [7, 11) is -1.75. The summed E-state index contributed by atoms with van der Waals surface area (Å²) in [4.78, 5) is 0.164. The van der Waals surface area contributed by atoms with Crippen LogP contribution >= 0.6 is 0 Å². The molecule has 2 fully saturated rings. The Labute approximate surface area is 119 Å². The molecule has 2 heterocycles. The Hall–Kier alpha value is -0.885. The molecule has 0 radical (unpaired) electrons. The first kappa shape index (κ1) is 14.1. The van der Waals surface area contributed by atoms with Gasteiger partial charge in [0.25, 0.3) is 10.1 Å². The number of rotatable bonds is 3. The van der Waals surface area contributed by atoms with Crippen molar-refractivity contribution in [3.8, 4) is 0 Å². The van der Waals surface area contributed by atoms with Crippen molar-refractivity contribution in [3.63, 3.8) is 0 Å². The lowest BCUT2D eigenvalue weighted by molar-refractivity contribution is 0.0336. The number of benzene rings is 1. The van der Waals surface area contributed by atoms with Crippen molar-refractivity contribution in [3.05, 3.63) is 29.8 Å². The highest BCUT2D eigenvalue weighted by atomic mass is 32.2. The molecule has 0 saturated carbocycles. The van der Waals surface area contributed by atoms with E-state index < -0.39 is 16.2 Å². The van der Waals surface area contributed by atoms with Crippen molar-refractivity contribution in [1.29, 1.82) is 0 Å². The van der Waals surface area contributed by atoms with Gasteiger partial charge >= 0.3 is 0 Å². The van der Waals surface area contributed by atoms with Crippen molar-refractivity contribution in [1.82, 2.24) is 0 Å². The zero-order valence-electron chi connectivity index (χ0n) is 11.5. The van der Waals surface area contributed by atoms with E-state index in [1.807, 2.05) is 14.8 Å². The second kappa shape index (κ2) is 5.14. The Morgan fingerprint density at radius 1 is 1.15 bits per heavy atom. The van der Waals surface area contributed by atoms with E-state index in [0.717, 1.165) is 5.56 Å². The second-order valence-electron chi connectivity index (χ2n) is 5.48. The fourth-order valence-corrected chi connectivity index (χ4v) is 3.73. The maximum Gasteiger partial charge on any atom is 0.297 e. The van der Waals surface area contributed by atoms with Gasteiger partial charge in [-0.1, -0.05) is 17.7 Å².